The fourth-order valence-electron chi connectivity index (χ4n) is 1.43. The van der Waals surface area contributed by atoms with Crippen molar-refractivity contribution in [3.8, 4) is 0 Å². The highest BCUT2D eigenvalue weighted by atomic mass is 16.1. The zero-order chi connectivity index (χ0) is 12.4. The maximum atomic E-state index is 10.9. The van der Waals surface area contributed by atoms with Crippen molar-refractivity contribution in [2.45, 2.75) is 0 Å². The predicted octanol–water partition coefficient (Wildman–Crippen LogP) is -0.00250. The lowest BCUT2D eigenvalue weighted by molar-refractivity contribution is 0.100. The van der Waals surface area contributed by atoms with E-state index in [0.717, 1.165) is 5.70 Å². The summed E-state index contributed by atoms with van der Waals surface area (Å²) in [6.45, 7) is 0. The number of nitrogens with two attached hydrogens (primary N) is 1. The van der Waals surface area contributed by atoms with Gasteiger partial charge in [0.15, 0.2) is 5.94 Å². The summed E-state index contributed by atoms with van der Waals surface area (Å²) in [5.41, 5.74) is 6.61. The van der Waals surface area contributed by atoms with Crippen molar-refractivity contribution in [2.24, 2.45) is 5.73 Å². The average molecular weight is 230 g/mol. The van der Waals surface area contributed by atoms with Crippen LogP contribution in [-0.4, -0.2) is 33.6 Å². The molecule has 0 unspecified atom stereocenters. The van der Waals surface area contributed by atoms with Crippen LogP contribution in [0, 0.1) is 0 Å². The molecular formula is C11H10N4O2. The van der Waals surface area contributed by atoms with E-state index < -0.39 is 5.91 Å². The molecule has 0 atom stereocenters. The van der Waals surface area contributed by atoms with Crippen LogP contribution in [0.15, 0.2) is 36.4 Å². The van der Waals surface area contributed by atoms with Crippen molar-refractivity contribution >= 4 is 17.5 Å². The van der Waals surface area contributed by atoms with Gasteiger partial charge in [0.2, 0.25) is 0 Å². The van der Waals surface area contributed by atoms with Gasteiger partial charge in [0.1, 0.15) is 5.70 Å². The van der Waals surface area contributed by atoms with E-state index in [1.807, 2.05) is 0 Å². The van der Waals surface area contributed by atoms with Gasteiger partial charge in [-0.05, 0) is 12.2 Å². The summed E-state index contributed by atoms with van der Waals surface area (Å²) in [5.74, 6) is 1.28. The first-order valence-electron chi connectivity index (χ1n) is 4.84. The Morgan fingerprint density at radius 1 is 1.47 bits per heavy atom. The van der Waals surface area contributed by atoms with E-state index in [0.29, 0.717) is 11.3 Å². The summed E-state index contributed by atoms with van der Waals surface area (Å²) in [6.07, 6.45) is 7.95. The van der Waals surface area contributed by atoms with Gasteiger partial charge >= 0.3 is 0 Å². The highest BCUT2D eigenvalue weighted by Gasteiger charge is 2.11. The average Bonchev–Trinajstić information content (AvgIpc) is 2.78. The Morgan fingerprint density at radius 2 is 2.24 bits per heavy atom. The van der Waals surface area contributed by atoms with Crippen LogP contribution in [0.5, 0.6) is 0 Å². The number of hydrogen-bond donors (Lipinski definition) is 1. The molecule has 0 saturated carbocycles. The molecular weight excluding hydrogens is 220 g/mol. The molecule has 1 aromatic rings. The van der Waals surface area contributed by atoms with Gasteiger partial charge in [0, 0.05) is 19.4 Å². The molecule has 2 heterocycles. The molecule has 0 bridgehead atoms. The number of allylic oxidation sites excluding steroid dienone is 3. The second kappa shape index (κ2) is 4.11. The molecule has 6 heteroatoms. The van der Waals surface area contributed by atoms with Crippen molar-refractivity contribution < 1.29 is 9.59 Å². The summed E-state index contributed by atoms with van der Waals surface area (Å²) < 4.78 is 1.51. The molecule has 17 heavy (non-hydrogen) atoms. The minimum absolute atomic E-state index is 0.332. The van der Waals surface area contributed by atoms with Gasteiger partial charge in [-0.3, -0.25) is 4.79 Å². The van der Waals surface area contributed by atoms with Crippen molar-refractivity contribution in [3.63, 3.8) is 0 Å². The van der Waals surface area contributed by atoms with Gasteiger partial charge in [-0.1, -0.05) is 0 Å². The van der Waals surface area contributed by atoms with Crippen molar-refractivity contribution in [2.75, 3.05) is 7.05 Å². The third kappa shape index (κ3) is 2.02. The number of nitrogens with zero attached hydrogens (tertiary/aromatic N) is 3. The van der Waals surface area contributed by atoms with Crippen LogP contribution in [0.4, 0.5) is 0 Å². The molecule has 0 saturated heterocycles. The minimum Gasteiger partial charge on any atom is -0.366 e. The lowest BCUT2D eigenvalue weighted by atomic mass is 10.2. The Labute approximate surface area is 97.3 Å². The number of amides is 1. The van der Waals surface area contributed by atoms with Crippen LogP contribution in [0.25, 0.3) is 5.70 Å². The predicted molar refractivity (Wildman–Crippen MR) is 61.1 cm³/mol. The van der Waals surface area contributed by atoms with Crippen LogP contribution in [-0.2, 0) is 4.79 Å². The van der Waals surface area contributed by atoms with Crippen LogP contribution < -0.4 is 5.73 Å². The maximum Gasteiger partial charge on any atom is 0.251 e. The van der Waals surface area contributed by atoms with Crippen molar-refractivity contribution in [3.05, 3.63) is 42.0 Å². The molecule has 2 N–H and O–H groups in total. The Kier molecular flexibility index (Phi) is 2.64. The van der Waals surface area contributed by atoms with Crippen LogP contribution in [0.2, 0.25) is 0 Å². The van der Waals surface area contributed by atoms with Gasteiger partial charge < -0.3 is 10.6 Å². The molecule has 0 radical (unpaired) electrons. The lowest BCUT2D eigenvalue weighted by Gasteiger charge is -2.18. The van der Waals surface area contributed by atoms with Crippen molar-refractivity contribution in [1.82, 2.24) is 14.7 Å². The second-order valence-corrected chi connectivity index (χ2v) is 3.52. The molecule has 1 aliphatic rings. The molecule has 86 valence electrons. The van der Waals surface area contributed by atoms with Crippen LogP contribution in [0.1, 0.15) is 10.4 Å². The zero-order valence-electron chi connectivity index (χ0n) is 9.12. The molecule has 0 aromatic carbocycles. The van der Waals surface area contributed by atoms with E-state index in [4.69, 9.17) is 5.73 Å². The quantitative estimate of drug-likeness (QED) is 0.725. The molecule has 0 fully saturated rings. The number of likely N-dealkylation sites (N-methyl/N-ethyl adjacent to an activating group) is 1. The van der Waals surface area contributed by atoms with Crippen LogP contribution >= 0.6 is 0 Å². The Morgan fingerprint density at radius 3 is 2.76 bits per heavy atom. The topological polar surface area (TPSA) is 81.2 Å². The largest absolute Gasteiger partial charge is 0.366 e. The van der Waals surface area contributed by atoms with Gasteiger partial charge in [-0.2, -0.15) is 5.10 Å². The number of carbonyl (C=O) groups is 1. The highest BCUT2D eigenvalue weighted by molar-refractivity contribution is 5.92. The Balaban J connectivity index is 2.33. The van der Waals surface area contributed by atoms with Gasteiger partial charge in [-0.25, -0.2) is 9.48 Å². The maximum absolute atomic E-state index is 10.9. The number of rotatable bonds is 2. The SMILES string of the molecule is CN1C=C(n2cc(C(N)=O)cn2)C=CC1=C=O. The molecule has 1 amide bonds. The van der Waals surface area contributed by atoms with Crippen LogP contribution in [0.3, 0.4) is 0 Å². The van der Waals surface area contributed by atoms with Gasteiger partial charge in [0.05, 0.1) is 17.5 Å². The summed E-state index contributed by atoms with van der Waals surface area (Å²) in [6, 6.07) is 0. The number of carbonyl (C=O) groups excluding carboxylic acids is 2. The van der Waals surface area contributed by atoms with Gasteiger partial charge in [-0.15, -0.1) is 0 Å². The monoisotopic (exact) mass is 230 g/mol. The Hall–Kier alpha value is -2.59. The third-order valence-electron chi connectivity index (χ3n) is 2.35. The molecule has 1 aromatic heterocycles. The molecule has 0 spiro atoms. The standard InChI is InChI=1S/C11H10N4O2/c1-14-6-9(2-3-10(14)7-16)15-5-8(4-13-15)11(12)17/h2-6H,1H3,(H2,12,17). The molecule has 2 rings (SSSR count). The highest BCUT2D eigenvalue weighted by Crippen LogP contribution is 2.16. The third-order valence-corrected chi connectivity index (χ3v) is 2.35. The number of primary amides is 1. The van der Waals surface area contributed by atoms with E-state index in [-0.39, 0.29) is 0 Å². The smallest absolute Gasteiger partial charge is 0.251 e. The van der Waals surface area contributed by atoms with E-state index in [1.165, 1.54) is 17.1 Å². The van der Waals surface area contributed by atoms with E-state index in [2.05, 4.69) is 5.10 Å². The van der Waals surface area contributed by atoms with Gasteiger partial charge in [0.25, 0.3) is 5.91 Å². The normalized spacial score (nSPS) is 14.5. The number of hydrogen-bond acceptors (Lipinski definition) is 4. The second-order valence-electron chi connectivity index (χ2n) is 3.52. The fourth-order valence-corrected chi connectivity index (χ4v) is 1.43. The molecule has 0 aliphatic carbocycles. The number of aromatic nitrogens is 2. The summed E-state index contributed by atoms with van der Waals surface area (Å²) >= 11 is 0. The first-order chi connectivity index (χ1) is 8.11. The van der Waals surface area contributed by atoms with E-state index in [9.17, 15) is 9.59 Å². The summed E-state index contributed by atoms with van der Waals surface area (Å²) in [5, 5.41) is 4.01. The fraction of sp³-hybridized carbons (Fsp3) is 0.0909. The van der Waals surface area contributed by atoms with Crippen molar-refractivity contribution in [1.29, 1.82) is 0 Å². The van der Waals surface area contributed by atoms with E-state index >= 15 is 0 Å². The summed E-state index contributed by atoms with van der Waals surface area (Å²) in [4.78, 5) is 23.1. The summed E-state index contributed by atoms with van der Waals surface area (Å²) in [7, 11) is 1.72. The minimum atomic E-state index is -0.529. The molecule has 1 aliphatic heterocycles. The Bertz CT molecular complexity index is 576. The molecule has 6 nitrogen and oxygen atoms in total. The first kappa shape index (κ1) is 10.9. The zero-order valence-corrected chi connectivity index (χ0v) is 9.12. The lowest BCUT2D eigenvalue weighted by Crippen LogP contribution is -2.15. The van der Waals surface area contributed by atoms with E-state index in [1.54, 1.807) is 36.2 Å². The first-order valence-corrected chi connectivity index (χ1v) is 4.84.